The van der Waals surface area contributed by atoms with Crippen molar-refractivity contribution >= 4 is 29.2 Å². The molecule has 1 aromatic heterocycles. The lowest BCUT2D eigenvalue weighted by Gasteiger charge is -2.22. The lowest BCUT2D eigenvalue weighted by molar-refractivity contribution is -0.162. The van der Waals surface area contributed by atoms with Gasteiger partial charge in [-0.3, -0.25) is 9.59 Å². The highest BCUT2D eigenvalue weighted by atomic mass is 32.1. The number of amides is 2. The van der Waals surface area contributed by atoms with Crippen molar-refractivity contribution in [1.82, 2.24) is 10.6 Å². The Morgan fingerprint density at radius 3 is 2.41 bits per heavy atom. The minimum absolute atomic E-state index is 0.154. The van der Waals surface area contributed by atoms with E-state index in [1.54, 1.807) is 12.2 Å². The van der Waals surface area contributed by atoms with Gasteiger partial charge in [0, 0.05) is 21.9 Å². The van der Waals surface area contributed by atoms with E-state index in [0.29, 0.717) is 27.5 Å². The quantitative estimate of drug-likeness (QED) is 0.433. The first-order chi connectivity index (χ1) is 14.8. The zero-order valence-electron chi connectivity index (χ0n) is 16.6. The van der Waals surface area contributed by atoms with Crippen molar-refractivity contribution in [1.29, 1.82) is 0 Å². The number of thiophene rings is 1. The first-order valence-corrected chi connectivity index (χ1v) is 10.3. The van der Waals surface area contributed by atoms with Gasteiger partial charge < -0.3 is 10.6 Å². The van der Waals surface area contributed by atoms with Gasteiger partial charge in [0.25, 0.3) is 5.91 Å². The van der Waals surface area contributed by atoms with Crippen LogP contribution >= 0.6 is 11.3 Å². The first kappa shape index (κ1) is 23.8. The van der Waals surface area contributed by atoms with Crippen LogP contribution in [-0.2, 0) is 11.0 Å². The molecule has 2 amide bonds. The Morgan fingerprint density at radius 2 is 1.81 bits per heavy atom. The molecule has 3 rings (SSSR count). The maximum atomic E-state index is 13.4. The molecule has 0 radical (unpaired) electrons. The van der Waals surface area contributed by atoms with Crippen molar-refractivity contribution < 1.29 is 35.9 Å². The van der Waals surface area contributed by atoms with E-state index in [-0.39, 0.29) is 11.9 Å². The van der Waals surface area contributed by atoms with Crippen LogP contribution in [0.4, 0.5) is 26.3 Å². The van der Waals surface area contributed by atoms with Crippen molar-refractivity contribution in [3.05, 3.63) is 62.9 Å². The van der Waals surface area contributed by atoms with Crippen molar-refractivity contribution in [2.45, 2.75) is 44.2 Å². The van der Waals surface area contributed by atoms with E-state index < -0.39 is 35.4 Å². The van der Waals surface area contributed by atoms with E-state index in [2.05, 4.69) is 5.32 Å². The molecule has 32 heavy (non-hydrogen) atoms. The van der Waals surface area contributed by atoms with Gasteiger partial charge in [0.15, 0.2) is 6.04 Å². The van der Waals surface area contributed by atoms with Crippen molar-refractivity contribution in [2.75, 3.05) is 0 Å². The highest BCUT2D eigenvalue weighted by Gasteiger charge is 2.42. The van der Waals surface area contributed by atoms with Gasteiger partial charge in [0.1, 0.15) is 0 Å². The van der Waals surface area contributed by atoms with Gasteiger partial charge in [-0.1, -0.05) is 12.1 Å². The highest BCUT2D eigenvalue weighted by molar-refractivity contribution is 7.13. The lowest BCUT2D eigenvalue weighted by atomic mass is 10.0. The molecule has 0 bridgehead atoms. The second-order valence-corrected chi connectivity index (χ2v) is 8.59. The molecule has 1 unspecified atom stereocenters. The molecule has 1 heterocycles. The molecule has 0 aliphatic heterocycles. The molecular weight excluding hydrogens is 458 g/mol. The molecular formula is C21H18F6N2O2S. The molecule has 1 atom stereocenters. The van der Waals surface area contributed by atoms with Crippen molar-refractivity contribution in [3.8, 4) is 0 Å². The summed E-state index contributed by atoms with van der Waals surface area (Å²) in [6, 6.07) is 1.78. The first-order valence-electron chi connectivity index (χ1n) is 9.48. The fraction of sp³-hybridized carbons (Fsp3) is 0.333. The molecule has 1 saturated carbocycles. The molecule has 1 aliphatic carbocycles. The number of carbonyl (C=O) groups is 2. The summed E-state index contributed by atoms with van der Waals surface area (Å²) in [5, 5.41) is 4.53. The van der Waals surface area contributed by atoms with Gasteiger partial charge in [-0.25, -0.2) is 0 Å². The number of benzene rings is 1. The van der Waals surface area contributed by atoms with Crippen LogP contribution in [0.3, 0.4) is 0 Å². The molecule has 172 valence electrons. The third-order valence-electron chi connectivity index (χ3n) is 4.65. The summed E-state index contributed by atoms with van der Waals surface area (Å²) in [5.74, 6) is -1.40. The Bertz CT molecular complexity index is 1040. The smallest absolute Gasteiger partial charge is 0.349 e. The van der Waals surface area contributed by atoms with Gasteiger partial charge >= 0.3 is 12.4 Å². The fourth-order valence-corrected chi connectivity index (χ4v) is 3.83. The van der Waals surface area contributed by atoms with Crippen LogP contribution in [0.2, 0.25) is 0 Å². The van der Waals surface area contributed by atoms with Crippen LogP contribution in [0.25, 0.3) is 6.08 Å². The average molecular weight is 476 g/mol. The standard InChI is InChI=1S/C21H18F6N2O2S/c1-11-16(19(31)28-14-5-6-14)10-15(32-11)7-8-17(30)29-18(21(25,26)27)12-3-2-4-13(9-12)20(22,23)24/h2-4,7-10,14,18H,5-6H2,1H3,(H,28,31)(H,29,30)/b8-7+. The molecule has 1 aliphatic rings. The number of carbonyl (C=O) groups excluding carboxylic acids is 2. The number of alkyl halides is 6. The second kappa shape index (κ2) is 8.97. The third-order valence-corrected chi connectivity index (χ3v) is 5.67. The maximum Gasteiger partial charge on any atom is 0.416 e. The van der Waals surface area contributed by atoms with Crippen LogP contribution in [0, 0.1) is 6.92 Å². The van der Waals surface area contributed by atoms with Crippen molar-refractivity contribution in [2.24, 2.45) is 0 Å². The summed E-state index contributed by atoms with van der Waals surface area (Å²) >= 11 is 1.18. The van der Waals surface area contributed by atoms with E-state index in [4.69, 9.17) is 0 Å². The zero-order chi connectivity index (χ0) is 23.7. The van der Waals surface area contributed by atoms with Gasteiger partial charge in [-0.05, 0) is 49.6 Å². The van der Waals surface area contributed by atoms with E-state index in [1.165, 1.54) is 23.5 Å². The number of hydrogen-bond acceptors (Lipinski definition) is 3. The van der Waals surface area contributed by atoms with Crippen molar-refractivity contribution in [3.63, 3.8) is 0 Å². The minimum atomic E-state index is -5.01. The van der Waals surface area contributed by atoms with E-state index in [0.717, 1.165) is 31.1 Å². The largest absolute Gasteiger partial charge is 0.416 e. The zero-order valence-corrected chi connectivity index (χ0v) is 17.4. The second-order valence-electron chi connectivity index (χ2n) is 7.31. The van der Waals surface area contributed by atoms with Crippen LogP contribution in [0.5, 0.6) is 0 Å². The summed E-state index contributed by atoms with van der Waals surface area (Å²) in [7, 11) is 0. The lowest BCUT2D eigenvalue weighted by Crippen LogP contribution is -2.37. The van der Waals surface area contributed by atoms with Crippen LogP contribution < -0.4 is 10.6 Å². The minimum Gasteiger partial charge on any atom is -0.349 e. The maximum absolute atomic E-state index is 13.4. The molecule has 4 nitrogen and oxygen atoms in total. The predicted octanol–water partition coefficient (Wildman–Crippen LogP) is 5.40. The number of hydrogen-bond donors (Lipinski definition) is 2. The molecule has 1 fully saturated rings. The SMILES string of the molecule is Cc1sc(/C=C/C(=O)NC(c2cccc(C(F)(F)F)c2)C(F)(F)F)cc1C(=O)NC1CC1. The molecule has 11 heteroatoms. The van der Waals surface area contributed by atoms with Gasteiger partial charge in [0.2, 0.25) is 5.91 Å². The summed E-state index contributed by atoms with van der Waals surface area (Å²) in [4.78, 5) is 25.4. The van der Waals surface area contributed by atoms with Gasteiger partial charge in [-0.15, -0.1) is 11.3 Å². The topological polar surface area (TPSA) is 58.2 Å². The molecule has 2 aromatic rings. The normalized spacial score (nSPS) is 15.6. The van der Waals surface area contributed by atoms with Crippen LogP contribution in [0.15, 0.2) is 36.4 Å². The Balaban J connectivity index is 1.74. The number of halogens is 6. The summed E-state index contributed by atoms with van der Waals surface area (Å²) in [6.45, 7) is 1.71. The van der Waals surface area contributed by atoms with Gasteiger partial charge in [-0.2, -0.15) is 26.3 Å². The van der Waals surface area contributed by atoms with Gasteiger partial charge in [0.05, 0.1) is 11.1 Å². The third kappa shape index (κ3) is 6.12. The monoisotopic (exact) mass is 476 g/mol. The predicted molar refractivity (Wildman–Crippen MR) is 107 cm³/mol. The Hall–Kier alpha value is -2.82. The van der Waals surface area contributed by atoms with E-state index in [1.807, 2.05) is 0 Å². The number of rotatable bonds is 6. The average Bonchev–Trinajstić information content (AvgIpc) is 3.42. The Kier molecular flexibility index (Phi) is 6.68. The van der Waals surface area contributed by atoms with E-state index >= 15 is 0 Å². The highest BCUT2D eigenvalue weighted by Crippen LogP contribution is 2.36. The van der Waals surface area contributed by atoms with Crippen LogP contribution in [-0.4, -0.2) is 24.0 Å². The van der Waals surface area contributed by atoms with E-state index in [9.17, 15) is 35.9 Å². The molecule has 0 spiro atoms. The Morgan fingerprint density at radius 1 is 1.12 bits per heavy atom. The summed E-state index contributed by atoms with van der Waals surface area (Å²) in [6.07, 6.45) is -5.92. The molecule has 0 saturated heterocycles. The molecule has 1 aromatic carbocycles. The summed E-state index contributed by atoms with van der Waals surface area (Å²) in [5.41, 5.74) is -1.57. The number of aryl methyl sites for hydroxylation is 1. The Labute approximate surface area is 183 Å². The molecule has 2 N–H and O–H groups in total. The van der Waals surface area contributed by atoms with Crippen LogP contribution in [0.1, 0.15) is 50.1 Å². The fourth-order valence-electron chi connectivity index (χ4n) is 2.90. The summed E-state index contributed by atoms with van der Waals surface area (Å²) < 4.78 is 78.9. The number of nitrogens with one attached hydrogen (secondary N) is 2.